The first-order valence-corrected chi connectivity index (χ1v) is 12.1. The SMILES string of the molecule is N#Cc1cccnc1C1CCC2CCN(C2)C2=C(CNCc3cccc(n3)N1)[SH]=CC=N2. The zero-order valence-corrected chi connectivity index (χ0v) is 18.8. The molecule has 2 aromatic rings. The molecule has 2 unspecified atom stereocenters. The van der Waals surface area contributed by atoms with E-state index < -0.39 is 0 Å². The maximum Gasteiger partial charge on any atom is 0.138 e. The predicted octanol–water partition coefficient (Wildman–Crippen LogP) is 3.23. The maximum absolute atomic E-state index is 9.64. The number of fused-ring (bicyclic) bond motifs is 5. The molecular weight excluding hydrogens is 418 g/mol. The molecule has 0 spiro atoms. The molecule has 0 amide bonds. The van der Waals surface area contributed by atoms with Crippen molar-refractivity contribution < 1.29 is 0 Å². The number of nitriles is 1. The van der Waals surface area contributed by atoms with Gasteiger partial charge in [-0.25, -0.2) is 9.98 Å². The summed E-state index contributed by atoms with van der Waals surface area (Å²) in [5, 5.41) is 18.9. The highest BCUT2D eigenvalue weighted by Crippen LogP contribution is 2.32. The number of nitrogens with one attached hydrogen (secondary N) is 2. The van der Waals surface area contributed by atoms with Crippen molar-refractivity contribution in [3.8, 4) is 6.07 Å². The van der Waals surface area contributed by atoms with E-state index in [1.807, 2.05) is 36.5 Å². The molecule has 164 valence electrons. The first-order chi connectivity index (χ1) is 15.8. The Bertz CT molecular complexity index is 1120. The monoisotopic (exact) mass is 445 g/mol. The van der Waals surface area contributed by atoms with E-state index in [0.29, 0.717) is 18.0 Å². The fourth-order valence-electron chi connectivity index (χ4n) is 4.62. The van der Waals surface area contributed by atoms with Crippen molar-refractivity contribution in [2.24, 2.45) is 10.9 Å². The summed E-state index contributed by atoms with van der Waals surface area (Å²) in [6, 6.07) is 12.0. The third-order valence-electron chi connectivity index (χ3n) is 6.22. The van der Waals surface area contributed by atoms with Crippen molar-refractivity contribution in [3.63, 3.8) is 0 Å². The van der Waals surface area contributed by atoms with Crippen molar-refractivity contribution in [1.82, 2.24) is 20.2 Å². The van der Waals surface area contributed by atoms with Gasteiger partial charge in [-0.15, -0.1) is 0 Å². The fraction of sp³-hybridized carbons (Fsp3) is 0.375. The zero-order valence-electron chi connectivity index (χ0n) is 17.9. The van der Waals surface area contributed by atoms with E-state index in [9.17, 15) is 5.26 Å². The minimum absolute atomic E-state index is 0.0590. The van der Waals surface area contributed by atoms with Gasteiger partial charge in [0, 0.05) is 43.5 Å². The molecule has 5 rings (SSSR count). The van der Waals surface area contributed by atoms with Gasteiger partial charge in [-0.3, -0.25) is 4.98 Å². The van der Waals surface area contributed by atoms with E-state index in [4.69, 9.17) is 9.98 Å². The number of hydrogen-bond acceptors (Lipinski definition) is 7. The Morgan fingerprint density at radius 1 is 1.12 bits per heavy atom. The van der Waals surface area contributed by atoms with Gasteiger partial charge < -0.3 is 15.5 Å². The summed E-state index contributed by atoms with van der Waals surface area (Å²) in [7, 11) is 0. The lowest BCUT2D eigenvalue weighted by Gasteiger charge is -2.24. The second-order valence-electron chi connectivity index (χ2n) is 8.37. The lowest BCUT2D eigenvalue weighted by molar-refractivity contribution is 0.383. The summed E-state index contributed by atoms with van der Waals surface area (Å²) in [6.07, 6.45) is 6.81. The van der Waals surface area contributed by atoms with Gasteiger partial charge in [0.2, 0.25) is 0 Å². The average Bonchev–Trinajstić information content (AvgIpc) is 3.30. The highest BCUT2D eigenvalue weighted by molar-refractivity contribution is 8.02. The fourth-order valence-corrected chi connectivity index (χ4v) is 5.46. The van der Waals surface area contributed by atoms with E-state index in [1.54, 1.807) is 6.20 Å². The first kappa shape index (κ1) is 20.9. The molecular formula is C24H27N7S. The molecule has 8 heteroatoms. The molecule has 3 aliphatic rings. The van der Waals surface area contributed by atoms with Crippen LogP contribution in [0.1, 0.15) is 42.3 Å². The Hall–Kier alpha value is -3.02. The van der Waals surface area contributed by atoms with Crippen LogP contribution in [0.25, 0.3) is 0 Å². The molecule has 7 nitrogen and oxygen atoms in total. The molecule has 3 aliphatic heterocycles. The van der Waals surface area contributed by atoms with Crippen LogP contribution in [0.4, 0.5) is 5.82 Å². The summed E-state index contributed by atoms with van der Waals surface area (Å²) in [5.74, 6) is 2.55. The quantitative estimate of drug-likeness (QED) is 0.461. The van der Waals surface area contributed by atoms with Gasteiger partial charge in [-0.1, -0.05) is 6.07 Å². The van der Waals surface area contributed by atoms with Gasteiger partial charge in [0.1, 0.15) is 17.7 Å². The van der Waals surface area contributed by atoms with Crippen LogP contribution in [0.2, 0.25) is 0 Å². The van der Waals surface area contributed by atoms with Crippen LogP contribution in [0.3, 0.4) is 0 Å². The van der Waals surface area contributed by atoms with Gasteiger partial charge in [-0.05, 0) is 54.8 Å². The van der Waals surface area contributed by atoms with Crippen molar-refractivity contribution in [2.75, 3.05) is 25.0 Å². The average molecular weight is 446 g/mol. The molecule has 1 fully saturated rings. The smallest absolute Gasteiger partial charge is 0.138 e. The number of nitrogens with zero attached hydrogens (tertiary/aromatic N) is 5. The van der Waals surface area contributed by atoms with Crippen LogP contribution < -0.4 is 10.6 Å². The minimum Gasteiger partial charge on any atom is -0.362 e. The Balaban J connectivity index is 1.47. The van der Waals surface area contributed by atoms with Gasteiger partial charge in [0.15, 0.2) is 0 Å². The number of aliphatic imine (C=N–C) groups is 1. The number of thiol groups is 1. The second kappa shape index (κ2) is 9.63. The number of aromatic nitrogens is 2. The number of anilines is 1. The molecule has 0 aliphatic carbocycles. The number of pyridine rings is 2. The molecule has 0 aromatic carbocycles. The lowest BCUT2D eigenvalue weighted by atomic mass is 9.95. The lowest BCUT2D eigenvalue weighted by Crippen LogP contribution is -2.25. The highest BCUT2D eigenvalue weighted by atomic mass is 32.1. The number of rotatable bonds is 1. The first-order valence-electron chi connectivity index (χ1n) is 11.1. The summed E-state index contributed by atoms with van der Waals surface area (Å²) < 4.78 is 0. The zero-order chi connectivity index (χ0) is 21.8. The standard InChI is InChI=1S/C24H27N7S/c25-13-18-3-2-9-27-23(18)20-7-6-17-8-11-31(16-17)24-21(32-12-10-28-24)15-26-14-19-4-1-5-22(29-19)30-20/h1-5,9-10,12,17,20,26,32H,6-8,11,14-16H2,(H,29,30). The molecule has 2 N–H and O–H groups in total. The van der Waals surface area contributed by atoms with Gasteiger partial charge >= 0.3 is 0 Å². The third-order valence-corrected chi connectivity index (χ3v) is 7.17. The summed E-state index contributed by atoms with van der Waals surface area (Å²) in [5.41, 5.74) is 2.40. The molecule has 0 radical (unpaired) electrons. The largest absolute Gasteiger partial charge is 0.362 e. The van der Waals surface area contributed by atoms with Crippen LogP contribution >= 0.6 is 11.4 Å². The van der Waals surface area contributed by atoms with Crippen LogP contribution in [0, 0.1) is 17.2 Å². The Morgan fingerprint density at radius 3 is 3.03 bits per heavy atom. The summed E-state index contributed by atoms with van der Waals surface area (Å²) >= 11 is 1.21. The van der Waals surface area contributed by atoms with Crippen molar-refractivity contribution in [3.05, 3.63) is 64.2 Å². The van der Waals surface area contributed by atoms with Gasteiger partial charge in [0.05, 0.1) is 23.0 Å². The molecule has 2 atom stereocenters. The summed E-state index contributed by atoms with van der Waals surface area (Å²) in [6.45, 7) is 3.55. The molecule has 5 heterocycles. The Kier molecular flexibility index (Phi) is 6.28. The van der Waals surface area contributed by atoms with E-state index in [1.165, 1.54) is 16.3 Å². The molecule has 2 aromatic heterocycles. The van der Waals surface area contributed by atoms with E-state index in [0.717, 1.165) is 61.9 Å². The second-order valence-corrected chi connectivity index (χ2v) is 9.46. The maximum atomic E-state index is 9.64. The normalized spacial score (nSPS) is 23.3. The Morgan fingerprint density at radius 2 is 2.09 bits per heavy atom. The molecule has 32 heavy (non-hydrogen) atoms. The highest BCUT2D eigenvalue weighted by Gasteiger charge is 2.28. The molecule has 4 bridgehead atoms. The van der Waals surface area contributed by atoms with Crippen molar-refractivity contribution in [2.45, 2.75) is 31.8 Å². The van der Waals surface area contributed by atoms with Crippen LogP contribution in [0.15, 0.2) is 52.2 Å². The molecule has 1 saturated heterocycles. The molecule has 0 saturated carbocycles. The van der Waals surface area contributed by atoms with Gasteiger partial charge in [0.25, 0.3) is 0 Å². The van der Waals surface area contributed by atoms with Crippen molar-refractivity contribution >= 4 is 28.8 Å². The van der Waals surface area contributed by atoms with E-state index >= 15 is 0 Å². The third kappa shape index (κ3) is 4.59. The Labute approximate surface area is 192 Å². The van der Waals surface area contributed by atoms with Crippen LogP contribution in [-0.4, -0.2) is 46.1 Å². The van der Waals surface area contributed by atoms with Gasteiger partial charge in [-0.2, -0.15) is 16.6 Å². The minimum atomic E-state index is -0.0590. The van der Waals surface area contributed by atoms with Crippen LogP contribution in [-0.2, 0) is 6.54 Å². The summed E-state index contributed by atoms with van der Waals surface area (Å²) in [4.78, 5) is 17.9. The predicted molar refractivity (Wildman–Crippen MR) is 131 cm³/mol. The van der Waals surface area contributed by atoms with Crippen LogP contribution in [0.5, 0.6) is 0 Å². The van der Waals surface area contributed by atoms with Crippen molar-refractivity contribution in [1.29, 1.82) is 5.26 Å². The van der Waals surface area contributed by atoms with E-state index in [-0.39, 0.29) is 6.04 Å². The van der Waals surface area contributed by atoms with E-state index in [2.05, 4.69) is 32.0 Å². The topological polar surface area (TPSA) is 89.2 Å². The number of hydrogen-bond donors (Lipinski definition) is 3.